The number of rotatable bonds is 6. The lowest BCUT2D eigenvalue weighted by Gasteiger charge is -2.11. The van der Waals surface area contributed by atoms with Gasteiger partial charge in [0.25, 0.3) is 0 Å². The van der Waals surface area contributed by atoms with Gasteiger partial charge in [-0.3, -0.25) is 4.79 Å². The van der Waals surface area contributed by atoms with Crippen LogP contribution < -0.4 is 10.5 Å². The van der Waals surface area contributed by atoms with Crippen molar-refractivity contribution in [3.8, 4) is 5.75 Å². The summed E-state index contributed by atoms with van der Waals surface area (Å²) in [5.41, 5.74) is 6.05. The second kappa shape index (κ2) is 6.36. The van der Waals surface area contributed by atoms with Gasteiger partial charge in [-0.15, -0.1) is 0 Å². The highest BCUT2D eigenvalue weighted by atomic mass is 35.5. The highest BCUT2D eigenvalue weighted by Crippen LogP contribution is 2.25. The Hall–Kier alpha value is -1.11. The summed E-state index contributed by atoms with van der Waals surface area (Å²) >= 11 is 5.85. The molecule has 0 amide bonds. The van der Waals surface area contributed by atoms with Crippen molar-refractivity contribution in [2.45, 2.75) is 12.5 Å². The van der Waals surface area contributed by atoms with E-state index in [0.29, 0.717) is 16.3 Å². The maximum atomic E-state index is 12.0. The lowest BCUT2D eigenvalue weighted by atomic mass is 10.0. The van der Waals surface area contributed by atoms with Crippen LogP contribution in [0.4, 0.5) is 0 Å². The summed E-state index contributed by atoms with van der Waals surface area (Å²) in [5.74, 6) is -0.0774. The Morgan fingerprint density at radius 2 is 2.11 bits per heavy atom. The van der Waals surface area contributed by atoms with Crippen LogP contribution in [-0.4, -0.2) is 39.4 Å². The van der Waals surface area contributed by atoms with Crippen molar-refractivity contribution in [3.63, 3.8) is 0 Å². The summed E-state index contributed by atoms with van der Waals surface area (Å²) in [6.07, 6.45) is 1.19. The molecule has 0 aliphatic heterocycles. The number of carbonyl (C=O) groups excluding carboxylic acids is 1. The van der Waals surface area contributed by atoms with E-state index in [0.717, 1.165) is 6.26 Å². The van der Waals surface area contributed by atoms with E-state index in [4.69, 9.17) is 22.1 Å². The summed E-state index contributed by atoms with van der Waals surface area (Å²) in [6.45, 7) is 0. The minimum atomic E-state index is -3.13. The molecule has 0 bridgehead atoms. The van der Waals surface area contributed by atoms with Crippen LogP contribution in [0.5, 0.6) is 5.75 Å². The SMILES string of the molecule is COc1cc(C(=O)C(N)CCS(C)(=O)=O)ccc1Cl. The van der Waals surface area contributed by atoms with Gasteiger partial charge in [0.15, 0.2) is 5.78 Å². The number of Topliss-reactive ketones (excluding diaryl/α,β-unsaturated/α-hetero) is 1. The molecule has 2 N–H and O–H groups in total. The first-order valence-corrected chi connectivity index (χ1v) is 7.99. The van der Waals surface area contributed by atoms with E-state index in [1.807, 2.05) is 0 Å². The van der Waals surface area contributed by atoms with Crippen molar-refractivity contribution in [2.24, 2.45) is 5.73 Å². The van der Waals surface area contributed by atoms with Crippen LogP contribution >= 0.6 is 11.6 Å². The molecule has 0 heterocycles. The minimum Gasteiger partial charge on any atom is -0.495 e. The van der Waals surface area contributed by atoms with Gasteiger partial charge in [0.1, 0.15) is 15.6 Å². The van der Waals surface area contributed by atoms with Gasteiger partial charge in [-0.2, -0.15) is 0 Å². The van der Waals surface area contributed by atoms with Gasteiger partial charge in [-0.25, -0.2) is 8.42 Å². The fourth-order valence-electron chi connectivity index (χ4n) is 1.50. The number of ether oxygens (including phenoxy) is 1. The molecule has 0 aromatic heterocycles. The van der Waals surface area contributed by atoms with Crippen molar-refractivity contribution in [1.82, 2.24) is 0 Å². The Morgan fingerprint density at radius 1 is 1.47 bits per heavy atom. The van der Waals surface area contributed by atoms with E-state index in [-0.39, 0.29) is 18.0 Å². The number of hydrogen-bond acceptors (Lipinski definition) is 5. The van der Waals surface area contributed by atoms with Crippen LogP contribution in [0.1, 0.15) is 16.8 Å². The van der Waals surface area contributed by atoms with Crippen molar-refractivity contribution in [3.05, 3.63) is 28.8 Å². The molecule has 0 fully saturated rings. The Balaban J connectivity index is 2.82. The molecule has 7 heteroatoms. The molecule has 0 radical (unpaired) electrons. The monoisotopic (exact) mass is 305 g/mol. The normalized spacial score (nSPS) is 13.1. The molecule has 0 saturated carbocycles. The smallest absolute Gasteiger partial charge is 0.179 e. The molecule has 5 nitrogen and oxygen atoms in total. The van der Waals surface area contributed by atoms with Crippen molar-refractivity contribution in [1.29, 1.82) is 0 Å². The molecule has 0 aliphatic rings. The summed E-state index contributed by atoms with van der Waals surface area (Å²) < 4.78 is 27.1. The largest absolute Gasteiger partial charge is 0.495 e. The maximum Gasteiger partial charge on any atom is 0.179 e. The van der Waals surface area contributed by atoms with Crippen LogP contribution in [-0.2, 0) is 9.84 Å². The Morgan fingerprint density at radius 3 is 2.63 bits per heavy atom. The number of nitrogens with two attached hydrogens (primary N) is 1. The van der Waals surface area contributed by atoms with E-state index in [1.165, 1.54) is 25.3 Å². The first kappa shape index (κ1) is 15.9. The van der Waals surface area contributed by atoms with E-state index in [9.17, 15) is 13.2 Å². The average Bonchev–Trinajstić information content (AvgIpc) is 2.34. The molecule has 1 aromatic carbocycles. The highest BCUT2D eigenvalue weighted by molar-refractivity contribution is 7.90. The van der Waals surface area contributed by atoms with E-state index in [2.05, 4.69) is 0 Å². The van der Waals surface area contributed by atoms with E-state index < -0.39 is 15.9 Å². The summed E-state index contributed by atoms with van der Waals surface area (Å²) in [5, 5.41) is 0.392. The third-order valence-electron chi connectivity index (χ3n) is 2.57. The number of halogens is 1. The van der Waals surface area contributed by atoms with E-state index >= 15 is 0 Å². The molecule has 0 spiro atoms. The van der Waals surface area contributed by atoms with Gasteiger partial charge in [-0.1, -0.05) is 11.6 Å². The van der Waals surface area contributed by atoms with Gasteiger partial charge in [0.2, 0.25) is 0 Å². The van der Waals surface area contributed by atoms with Crippen LogP contribution in [0.25, 0.3) is 0 Å². The van der Waals surface area contributed by atoms with Crippen molar-refractivity contribution in [2.75, 3.05) is 19.1 Å². The number of ketones is 1. The van der Waals surface area contributed by atoms with E-state index in [1.54, 1.807) is 0 Å². The molecule has 0 aliphatic carbocycles. The lowest BCUT2D eigenvalue weighted by molar-refractivity contribution is 0.0959. The predicted molar refractivity (Wildman–Crippen MR) is 74.6 cm³/mol. The van der Waals surface area contributed by atoms with Gasteiger partial charge in [0.05, 0.1) is 23.9 Å². The molecule has 1 unspecified atom stereocenters. The topological polar surface area (TPSA) is 86.5 Å². The molecule has 1 rings (SSSR count). The third kappa shape index (κ3) is 4.81. The van der Waals surface area contributed by atoms with Crippen LogP contribution in [0.3, 0.4) is 0 Å². The molecule has 0 saturated heterocycles. The lowest BCUT2D eigenvalue weighted by Crippen LogP contribution is -2.32. The van der Waals surface area contributed by atoms with Gasteiger partial charge >= 0.3 is 0 Å². The number of carbonyl (C=O) groups is 1. The third-order valence-corrected chi connectivity index (χ3v) is 3.86. The maximum absolute atomic E-state index is 12.0. The Kier molecular flexibility index (Phi) is 5.34. The highest BCUT2D eigenvalue weighted by Gasteiger charge is 2.18. The average molecular weight is 306 g/mol. The van der Waals surface area contributed by atoms with Crippen LogP contribution in [0.2, 0.25) is 5.02 Å². The Labute approximate surface area is 117 Å². The first-order valence-electron chi connectivity index (χ1n) is 5.55. The number of sulfone groups is 1. The van der Waals surface area contributed by atoms with Gasteiger partial charge in [-0.05, 0) is 24.6 Å². The molecule has 1 atom stereocenters. The molecule has 19 heavy (non-hydrogen) atoms. The quantitative estimate of drug-likeness (QED) is 0.800. The summed E-state index contributed by atoms with van der Waals surface area (Å²) in [7, 11) is -1.69. The predicted octanol–water partition coefficient (Wildman–Crippen LogP) is 1.29. The van der Waals surface area contributed by atoms with Crippen molar-refractivity contribution < 1.29 is 17.9 Å². The van der Waals surface area contributed by atoms with Crippen molar-refractivity contribution >= 4 is 27.2 Å². The second-order valence-corrected chi connectivity index (χ2v) is 6.91. The number of methoxy groups -OCH3 is 1. The Bertz CT molecular complexity index is 571. The minimum absolute atomic E-state index is 0.0859. The summed E-state index contributed by atoms with van der Waals surface area (Å²) in [4.78, 5) is 12.0. The second-order valence-electron chi connectivity index (χ2n) is 4.24. The zero-order valence-electron chi connectivity index (χ0n) is 10.7. The standard InChI is InChI=1S/C12H16ClNO4S/c1-18-11-7-8(3-4-9(11)13)12(15)10(14)5-6-19(2,16)17/h3-4,7,10H,5-6,14H2,1-2H3. The van der Waals surface area contributed by atoms with Crippen LogP contribution in [0, 0.1) is 0 Å². The fourth-order valence-corrected chi connectivity index (χ4v) is 2.38. The fraction of sp³-hybridized carbons (Fsp3) is 0.417. The molecule has 106 valence electrons. The zero-order chi connectivity index (χ0) is 14.6. The molecular weight excluding hydrogens is 290 g/mol. The zero-order valence-corrected chi connectivity index (χ0v) is 12.3. The summed E-state index contributed by atoms with van der Waals surface area (Å²) in [6, 6.07) is 3.70. The molecule has 1 aromatic rings. The van der Waals surface area contributed by atoms with Gasteiger partial charge in [0, 0.05) is 11.8 Å². The first-order chi connectivity index (χ1) is 8.74. The number of benzene rings is 1. The van der Waals surface area contributed by atoms with Gasteiger partial charge < -0.3 is 10.5 Å². The van der Waals surface area contributed by atoms with Crippen LogP contribution in [0.15, 0.2) is 18.2 Å². The molecular formula is C12H16ClNO4S. The number of hydrogen-bond donors (Lipinski definition) is 1.